The van der Waals surface area contributed by atoms with Gasteiger partial charge < -0.3 is 9.47 Å². The second-order valence-electron chi connectivity index (χ2n) is 4.19. The van der Waals surface area contributed by atoms with E-state index in [0.29, 0.717) is 5.56 Å². The van der Waals surface area contributed by atoms with E-state index in [4.69, 9.17) is 9.47 Å². The Morgan fingerprint density at radius 3 is 2.65 bits per heavy atom. The van der Waals surface area contributed by atoms with Crippen molar-refractivity contribution in [1.29, 1.82) is 0 Å². The number of methoxy groups -OCH3 is 1. The van der Waals surface area contributed by atoms with Crippen LogP contribution in [0.5, 0.6) is 5.75 Å². The highest BCUT2D eigenvalue weighted by molar-refractivity contribution is 9.10. The molecule has 17 heavy (non-hydrogen) atoms. The Bertz CT molecular complexity index is 411. The monoisotopic (exact) mass is 298 g/mol. The second-order valence-corrected chi connectivity index (χ2v) is 5.11. The number of ether oxygens (including phenoxy) is 2. The van der Waals surface area contributed by atoms with E-state index in [1.807, 2.05) is 6.07 Å². The zero-order valence-corrected chi connectivity index (χ0v) is 11.3. The Kier molecular flexibility index (Phi) is 4.05. The molecule has 4 heteroatoms. The average Bonchev–Trinajstić information content (AvgIpc) is 2.80. The van der Waals surface area contributed by atoms with Crippen molar-refractivity contribution in [3.63, 3.8) is 0 Å². The van der Waals surface area contributed by atoms with Gasteiger partial charge in [-0.25, -0.2) is 4.79 Å². The Morgan fingerprint density at radius 2 is 2.00 bits per heavy atom. The zero-order chi connectivity index (χ0) is 12.3. The minimum Gasteiger partial charge on any atom is -0.490 e. The highest BCUT2D eigenvalue weighted by Gasteiger charge is 2.17. The molecule has 0 bridgehead atoms. The summed E-state index contributed by atoms with van der Waals surface area (Å²) in [6.45, 7) is 0. The molecule has 1 fully saturated rings. The fourth-order valence-electron chi connectivity index (χ4n) is 2.07. The number of benzene rings is 1. The molecule has 0 spiro atoms. The predicted molar refractivity (Wildman–Crippen MR) is 68.4 cm³/mol. The maximum Gasteiger partial charge on any atom is 0.338 e. The summed E-state index contributed by atoms with van der Waals surface area (Å²) in [6, 6.07) is 5.34. The molecular formula is C13H15BrO3. The molecule has 1 aliphatic carbocycles. The van der Waals surface area contributed by atoms with Gasteiger partial charge in [0, 0.05) is 4.47 Å². The molecule has 0 N–H and O–H groups in total. The first kappa shape index (κ1) is 12.4. The summed E-state index contributed by atoms with van der Waals surface area (Å²) >= 11 is 3.37. The molecule has 1 saturated carbocycles. The van der Waals surface area contributed by atoms with Crippen molar-refractivity contribution in [3.05, 3.63) is 28.2 Å². The predicted octanol–water partition coefficient (Wildman–Crippen LogP) is 3.56. The summed E-state index contributed by atoms with van der Waals surface area (Å²) in [7, 11) is 1.38. The molecule has 2 rings (SSSR count). The van der Waals surface area contributed by atoms with E-state index in [-0.39, 0.29) is 12.1 Å². The number of hydrogen-bond donors (Lipinski definition) is 0. The molecule has 0 heterocycles. The number of carbonyl (C=O) groups excluding carboxylic acids is 1. The number of carbonyl (C=O) groups is 1. The van der Waals surface area contributed by atoms with Crippen LogP contribution in [0, 0.1) is 0 Å². The van der Waals surface area contributed by atoms with Crippen molar-refractivity contribution in [1.82, 2.24) is 0 Å². The van der Waals surface area contributed by atoms with Crippen LogP contribution in [0.2, 0.25) is 0 Å². The van der Waals surface area contributed by atoms with Crippen LogP contribution in [0.15, 0.2) is 22.7 Å². The van der Waals surface area contributed by atoms with Crippen LogP contribution >= 0.6 is 15.9 Å². The van der Waals surface area contributed by atoms with Crippen molar-refractivity contribution < 1.29 is 14.3 Å². The Labute approximate surface area is 109 Å². The van der Waals surface area contributed by atoms with Gasteiger partial charge in [0.05, 0.1) is 18.8 Å². The fraction of sp³-hybridized carbons (Fsp3) is 0.462. The highest BCUT2D eigenvalue weighted by atomic mass is 79.9. The SMILES string of the molecule is COC(=O)c1cc(Br)cc(OC2CCCC2)c1. The Hall–Kier alpha value is -1.03. The molecule has 0 saturated heterocycles. The smallest absolute Gasteiger partial charge is 0.338 e. The average molecular weight is 299 g/mol. The lowest BCUT2D eigenvalue weighted by Crippen LogP contribution is -2.11. The first-order valence-electron chi connectivity index (χ1n) is 5.74. The number of rotatable bonds is 3. The van der Waals surface area contributed by atoms with Crippen LogP contribution in [-0.2, 0) is 4.74 Å². The van der Waals surface area contributed by atoms with Gasteiger partial charge in [-0.2, -0.15) is 0 Å². The third-order valence-corrected chi connectivity index (χ3v) is 3.36. The molecule has 0 amide bonds. The van der Waals surface area contributed by atoms with Gasteiger partial charge in [0.25, 0.3) is 0 Å². The third kappa shape index (κ3) is 3.22. The molecule has 0 atom stereocenters. The fourth-order valence-corrected chi connectivity index (χ4v) is 2.54. The summed E-state index contributed by atoms with van der Waals surface area (Å²) in [6.07, 6.45) is 4.93. The quantitative estimate of drug-likeness (QED) is 0.801. The van der Waals surface area contributed by atoms with Crippen molar-refractivity contribution in [2.45, 2.75) is 31.8 Å². The van der Waals surface area contributed by atoms with Gasteiger partial charge in [-0.3, -0.25) is 0 Å². The normalized spacial score (nSPS) is 15.9. The van der Waals surface area contributed by atoms with Gasteiger partial charge in [0.2, 0.25) is 0 Å². The van der Waals surface area contributed by atoms with E-state index >= 15 is 0 Å². The molecule has 0 unspecified atom stereocenters. The van der Waals surface area contributed by atoms with Crippen molar-refractivity contribution in [2.24, 2.45) is 0 Å². The molecule has 0 aliphatic heterocycles. The minimum atomic E-state index is -0.345. The van der Waals surface area contributed by atoms with Crippen molar-refractivity contribution in [2.75, 3.05) is 7.11 Å². The van der Waals surface area contributed by atoms with Gasteiger partial charge in [-0.1, -0.05) is 15.9 Å². The lowest BCUT2D eigenvalue weighted by Gasteiger charge is -2.14. The van der Waals surface area contributed by atoms with E-state index in [9.17, 15) is 4.79 Å². The second kappa shape index (κ2) is 5.54. The number of hydrogen-bond acceptors (Lipinski definition) is 3. The summed E-state index contributed by atoms with van der Waals surface area (Å²) < 4.78 is 11.4. The van der Waals surface area contributed by atoms with Crippen LogP contribution < -0.4 is 4.74 Å². The summed E-state index contributed by atoms with van der Waals surface area (Å²) in [4.78, 5) is 11.5. The first-order chi connectivity index (χ1) is 8.19. The van der Waals surface area contributed by atoms with E-state index < -0.39 is 0 Å². The topological polar surface area (TPSA) is 35.5 Å². The zero-order valence-electron chi connectivity index (χ0n) is 9.74. The Balaban J connectivity index is 2.15. The van der Waals surface area contributed by atoms with Crippen LogP contribution in [0.25, 0.3) is 0 Å². The molecule has 1 aromatic carbocycles. The Morgan fingerprint density at radius 1 is 1.29 bits per heavy atom. The summed E-state index contributed by atoms with van der Waals surface area (Å²) in [5.74, 6) is 0.384. The van der Waals surface area contributed by atoms with Crippen LogP contribution in [-0.4, -0.2) is 19.2 Å². The van der Waals surface area contributed by atoms with Gasteiger partial charge in [-0.05, 0) is 43.9 Å². The lowest BCUT2D eigenvalue weighted by atomic mass is 10.2. The third-order valence-electron chi connectivity index (χ3n) is 2.90. The van der Waals surface area contributed by atoms with Crippen LogP contribution in [0.1, 0.15) is 36.0 Å². The van der Waals surface area contributed by atoms with E-state index in [2.05, 4.69) is 15.9 Å². The summed E-state index contributed by atoms with van der Waals surface area (Å²) in [5, 5.41) is 0. The van der Waals surface area contributed by atoms with E-state index in [1.54, 1.807) is 12.1 Å². The van der Waals surface area contributed by atoms with Gasteiger partial charge >= 0.3 is 5.97 Å². The maximum absolute atomic E-state index is 11.5. The minimum absolute atomic E-state index is 0.287. The van der Waals surface area contributed by atoms with Crippen molar-refractivity contribution >= 4 is 21.9 Å². The summed E-state index contributed by atoms with van der Waals surface area (Å²) in [5.41, 5.74) is 0.509. The van der Waals surface area contributed by atoms with Gasteiger partial charge in [-0.15, -0.1) is 0 Å². The van der Waals surface area contributed by atoms with Crippen LogP contribution in [0.4, 0.5) is 0 Å². The lowest BCUT2D eigenvalue weighted by molar-refractivity contribution is 0.0600. The maximum atomic E-state index is 11.5. The number of esters is 1. The largest absolute Gasteiger partial charge is 0.490 e. The highest BCUT2D eigenvalue weighted by Crippen LogP contribution is 2.27. The molecular weight excluding hydrogens is 284 g/mol. The standard InChI is InChI=1S/C13H15BrO3/c1-16-13(15)9-6-10(14)8-12(7-9)17-11-4-2-3-5-11/h6-8,11H,2-5H2,1H3. The van der Waals surface area contributed by atoms with Gasteiger partial charge in [0.15, 0.2) is 0 Å². The number of halogens is 1. The molecule has 0 radical (unpaired) electrons. The van der Waals surface area contributed by atoms with E-state index in [0.717, 1.165) is 23.1 Å². The molecule has 0 aromatic heterocycles. The molecule has 3 nitrogen and oxygen atoms in total. The first-order valence-corrected chi connectivity index (χ1v) is 6.54. The van der Waals surface area contributed by atoms with Gasteiger partial charge in [0.1, 0.15) is 5.75 Å². The van der Waals surface area contributed by atoms with Crippen LogP contribution in [0.3, 0.4) is 0 Å². The molecule has 92 valence electrons. The molecule has 1 aromatic rings. The van der Waals surface area contributed by atoms with Crippen molar-refractivity contribution in [3.8, 4) is 5.75 Å². The van der Waals surface area contributed by atoms with E-state index in [1.165, 1.54) is 20.0 Å². The molecule has 1 aliphatic rings.